The largest absolute Gasteiger partial charge is 0.434 e. The maximum Gasteiger partial charge on any atom is 0.387 e. The fourth-order valence-electron chi connectivity index (χ4n) is 2.43. The van der Waals surface area contributed by atoms with E-state index in [1.807, 2.05) is 11.8 Å². The third kappa shape index (κ3) is 5.58. The van der Waals surface area contributed by atoms with Crippen molar-refractivity contribution >= 4 is 29.9 Å². The van der Waals surface area contributed by atoms with Crippen molar-refractivity contribution in [1.82, 2.24) is 4.90 Å². The molecule has 2 rings (SSSR count). The molecule has 0 saturated carbocycles. The first-order chi connectivity index (χ1) is 10.1. The molecule has 0 aliphatic carbocycles. The number of likely N-dealkylation sites (tertiary alicyclic amines) is 1. The zero-order chi connectivity index (χ0) is 15.2. The number of piperidine rings is 1. The number of aliphatic imine (C=N–C) groups is 1. The van der Waals surface area contributed by atoms with Crippen molar-refractivity contribution < 1.29 is 13.5 Å². The van der Waals surface area contributed by atoms with Crippen molar-refractivity contribution in [3.05, 3.63) is 29.3 Å². The summed E-state index contributed by atoms with van der Waals surface area (Å²) in [6, 6.07) is 5.08. The van der Waals surface area contributed by atoms with Gasteiger partial charge in [0.2, 0.25) is 0 Å². The fraction of sp³-hybridized carbons (Fsp3) is 0.533. The molecule has 4 nitrogen and oxygen atoms in total. The molecule has 1 fully saturated rings. The highest BCUT2D eigenvalue weighted by molar-refractivity contribution is 14.0. The lowest BCUT2D eigenvalue weighted by atomic mass is 10.1. The quantitative estimate of drug-likeness (QED) is 0.457. The predicted molar refractivity (Wildman–Crippen MR) is 94.0 cm³/mol. The van der Waals surface area contributed by atoms with Crippen LogP contribution >= 0.6 is 24.0 Å². The molecule has 22 heavy (non-hydrogen) atoms. The van der Waals surface area contributed by atoms with E-state index in [0.717, 1.165) is 31.5 Å². The predicted octanol–water partition coefficient (Wildman–Crippen LogP) is 3.52. The van der Waals surface area contributed by atoms with Crippen LogP contribution < -0.4 is 10.5 Å². The number of nitrogens with zero attached hydrogens (tertiary/aromatic N) is 2. The van der Waals surface area contributed by atoms with Gasteiger partial charge in [0.25, 0.3) is 0 Å². The highest BCUT2D eigenvalue weighted by Crippen LogP contribution is 2.23. The van der Waals surface area contributed by atoms with Crippen LogP contribution in [0.3, 0.4) is 0 Å². The molecule has 0 radical (unpaired) electrons. The lowest BCUT2D eigenvalue weighted by Gasteiger charge is -2.27. The van der Waals surface area contributed by atoms with Crippen molar-refractivity contribution in [2.45, 2.75) is 39.3 Å². The second-order valence-electron chi connectivity index (χ2n) is 5.21. The van der Waals surface area contributed by atoms with E-state index in [9.17, 15) is 8.78 Å². The van der Waals surface area contributed by atoms with Crippen molar-refractivity contribution in [2.75, 3.05) is 13.1 Å². The first kappa shape index (κ1) is 18.9. The molecule has 1 aromatic rings. The van der Waals surface area contributed by atoms with Crippen LogP contribution in [0.25, 0.3) is 0 Å². The number of benzene rings is 1. The minimum absolute atomic E-state index is 0. The zero-order valence-corrected chi connectivity index (χ0v) is 14.9. The van der Waals surface area contributed by atoms with Gasteiger partial charge in [-0.15, -0.1) is 24.0 Å². The third-order valence-corrected chi connectivity index (χ3v) is 3.52. The molecule has 1 aromatic carbocycles. The van der Waals surface area contributed by atoms with Gasteiger partial charge in [-0.2, -0.15) is 8.78 Å². The molecule has 0 aromatic heterocycles. The average molecular weight is 425 g/mol. The van der Waals surface area contributed by atoms with E-state index in [2.05, 4.69) is 9.73 Å². The Labute approximate surface area is 146 Å². The van der Waals surface area contributed by atoms with E-state index in [1.165, 1.54) is 6.42 Å². The number of nitrogens with two attached hydrogens (primary N) is 1. The Morgan fingerprint density at radius 1 is 1.32 bits per heavy atom. The van der Waals surface area contributed by atoms with Gasteiger partial charge in [-0.1, -0.05) is 17.7 Å². The number of rotatable bonds is 4. The van der Waals surface area contributed by atoms with Crippen LogP contribution in [-0.4, -0.2) is 30.6 Å². The maximum atomic E-state index is 12.4. The van der Waals surface area contributed by atoms with Crippen LogP contribution in [0, 0.1) is 6.92 Å². The van der Waals surface area contributed by atoms with Crippen LogP contribution in [0.15, 0.2) is 23.2 Å². The second kappa shape index (κ2) is 9.12. The molecule has 1 aliphatic rings. The summed E-state index contributed by atoms with van der Waals surface area (Å²) in [5.74, 6) is 0.630. The van der Waals surface area contributed by atoms with Crippen molar-refractivity contribution in [3.63, 3.8) is 0 Å². The number of hydrogen-bond acceptors (Lipinski definition) is 2. The third-order valence-electron chi connectivity index (χ3n) is 3.52. The topological polar surface area (TPSA) is 50.9 Å². The van der Waals surface area contributed by atoms with E-state index in [-0.39, 0.29) is 36.3 Å². The van der Waals surface area contributed by atoms with Gasteiger partial charge in [-0.3, -0.25) is 0 Å². The Morgan fingerprint density at radius 3 is 2.64 bits per heavy atom. The molecule has 0 unspecified atom stereocenters. The number of hydrogen-bond donors (Lipinski definition) is 1. The summed E-state index contributed by atoms with van der Waals surface area (Å²) >= 11 is 0. The van der Waals surface area contributed by atoms with E-state index in [1.54, 1.807) is 18.2 Å². The van der Waals surface area contributed by atoms with Crippen LogP contribution in [0.1, 0.15) is 30.4 Å². The summed E-state index contributed by atoms with van der Waals surface area (Å²) in [5.41, 5.74) is 7.56. The van der Waals surface area contributed by atoms with Gasteiger partial charge >= 0.3 is 6.61 Å². The summed E-state index contributed by atoms with van der Waals surface area (Å²) in [6.45, 7) is 1.11. The molecule has 1 heterocycles. The Kier molecular flexibility index (Phi) is 7.84. The van der Waals surface area contributed by atoms with Gasteiger partial charge in [-0.05, 0) is 32.3 Å². The van der Waals surface area contributed by atoms with Crippen molar-refractivity contribution in [2.24, 2.45) is 10.7 Å². The number of ether oxygens (including phenoxy) is 1. The molecule has 1 aliphatic heterocycles. The summed E-state index contributed by atoms with van der Waals surface area (Å²) in [5, 5.41) is 0. The summed E-state index contributed by atoms with van der Waals surface area (Å²) in [4.78, 5) is 6.36. The van der Waals surface area contributed by atoms with Gasteiger partial charge < -0.3 is 15.4 Å². The minimum Gasteiger partial charge on any atom is -0.434 e. The van der Waals surface area contributed by atoms with Gasteiger partial charge in [0.1, 0.15) is 5.75 Å². The smallest absolute Gasteiger partial charge is 0.387 e. The summed E-state index contributed by atoms with van der Waals surface area (Å²) < 4.78 is 29.3. The molecular weight excluding hydrogens is 403 g/mol. The van der Waals surface area contributed by atoms with Crippen LogP contribution in [0.2, 0.25) is 0 Å². The van der Waals surface area contributed by atoms with E-state index in [4.69, 9.17) is 5.73 Å². The first-order valence-electron chi connectivity index (χ1n) is 7.15. The standard InChI is InChI=1S/C15H21F2N3O.HI/c1-11-5-6-13(21-14(16)17)12(9-11)10-19-15(18)20-7-3-2-4-8-20;/h5-6,9,14H,2-4,7-8,10H2,1H3,(H2,18,19);1H. The highest BCUT2D eigenvalue weighted by Gasteiger charge is 2.13. The van der Waals surface area contributed by atoms with E-state index >= 15 is 0 Å². The van der Waals surface area contributed by atoms with E-state index < -0.39 is 6.61 Å². The molecule has 0 amide bonds. The van der Waals surface area contributed by atoms with E-state index in [0.29, 0.717) is 11.5 Å². The van der Waals surface area contributed by atoms with Crippen LogP contribution in [-0.2, 0) is 6.54 Å². The average Bonchev–Trinajstić information content (AvgIpc) is 2.47. The molecule has 0 atom stereocenters. The van der Waals surface area contributed by atoms with Crippen molar-refractivity contribution in [1.29, 1.82) is 0 Å². The number of alkyl halides is 2. The normalized spacial score (nSPS) is 15.6. The number of halogens is 3. The lowest BCUT2D eigenvalue weighted by molar-refractivity contribution is -0.0504. The lowest BCUT2D eigenvalue weighted by Crippen LogP contribution is -2.40. The van der Waals surface area contributed by atoms with Crippen LogP contribution in [0.5, 0.6) is 5.75 Å². The molecule has 124 valence electrons. The number of aryl methyl sites for hydroxylation is 1. The fourth-order valence-corrected chi connectivity index (χ4v) is 2.43. The molecule has 0 spiro atoms. The van der Waals surface area contributed by atoms with Crippen LogP contribution in [0.4, 0.5) is 8.78 Å². The second-order valence-corrected chi connectivity index (χ2v) is 5.21. The maximum absolute atomic E-state index is 12.4. The minimum atomic E-state index is -2.84. The molecule has 0 bridgehead atoms. The Morgan fingerprint density at radius 2 is 2.00 bits per heavy atom. The molecule has 1 saturated heterocycles. The Hall–Kier alpha value is -1.12. The monoisotopic (exact) mass is 425 g/mol. The zero-order valence-electron chi connectivity index (χ0n) is 12.6. The Balaban J connectivity index is 0.00000242. The van der Waals surface area contributed by atoms with Crippen molar-refractivity contribution in [3.8, 4) is 5.75 Å². The summed E-state index contributed by atoms with van der Waals surface area (Å²) in [7, 11) is 0. The van der Waals surface area contributed by atoms with Gasteiger partial charge in [0.05, 0.1) is 6.54 Å². The summed E-state index contributed by atoms with van der Waals surface area (Å²) in [6.07, 6.45) is 3.44. The first-order valence-corrected chi connectivity index (χ1v) is 7.15. The Bertz CT molecular complexity index is 506. The SMILES string of the molecule is Cc1ccc(OC(F)F)c(CN=C(N)N2CCCCC2)c1.I. The molecule has 2 N–H and O–H groups in total. The van der Waals surface area contributed by atoms with Gasteiger partial charge in [0.15, 0.2) is 5.96 Å². The van der Waals surface area contributed by atoms with Gasteiger partial charge in [-0.25, -0.2) is 4.99 Å². The molecule has 7 heteroatoms. The highest BCUT2D eigenvalue weighted by atomic mass is 127. The van der Waals surface area contributed by atoms with Gasteiger partial charge in [0, 0.05) is 18.7 Å². The number of guanidine groups is 1. The molecular formula is C15H22F2IN3O.